The molecule has 0 saturated carbocycles. The van der Waals surface area contributed by atoms with E-state index in [0.717, 1.165) is 11.1 Å². The summed E-state index contributed by atoms with van der Waals surface area (Å²) in [6, 6.07) is 8.23. The number of hydrogen-bond acceptors (Lipinski definition) is 8. The van der Waals surface area contributed by atoms with Crippen LogP contribution in [0.5, 0.6) is 0 Å². The number of pyridine rings is 1. The van der Waals surface area contributed by atoms with E-state index in [9.17, 15) is 13.6 Å². The highest BCUT2D eigenvalue weighted by Gasteiger charge is 2.33. The second-order valence-electron chi connectivity index (χ2n) is 8.16. The molecule has 12 heteroatoms. The molecule has 2 amide bonds. The summed E-state index contributed by atoms with van der Waals surface area (Å²) in [4.78, 5) is 21.4. The zero-order valence-corrected chi connectivity index (χ0v) is 19.5. The van der Waals surface area contributed by atoms with E-state index in [1.807, 2.05) is 11.0 Å². The predicted octanol–water partition coefficient (Wildman–Crippen LogP) is 3.73. The van der Waals surface area contributed by atoms with E-state index in [1.165, 1.54) is 28.5 Å². The largest absolute Gasteiger partial charge is 0.353 e. The lowest BCUT2D eigenvalue weighted by Crippen LogP contribution is -2.52. The van der Waals surface area contributed by atoms with Crippen LogP contribution in [-0.2, 0) is 0 Å². The first kappa shape index (κ1) is 22.8. The predicted molar refractivity (Wildman–Crippen MR) is 126 cm³/mol. The molecule has 2 aliphatic rings. The molecule has 9 nitrogen and oxygen atoms in total. The number of piperazine rings is 1. The molecule has 5 rings (SSSR count). The van der Waals surface area contributed by atoms with Crippen molar-refractivity contribution < 1.29 is 13.6 Å². The van der Waals surface area contributed by atoms with Crippen molar-refractivity contribution in [1.82, 2.24) is 25.1 Å². The summed E-state index contributed by atoms with van der Waals surface area (Å²) in [5.41, 5.74) is 0.886. The number of halogens is 2. The van der Waals surface area contributed by atoms with Gasteiger partial charge in [-0.05, 0) is 42.8 Å². The first-order valence-electron chi connectivity index (χ1n) is 11.0. The van der Waals surface area contributed by atoms with Crippen LogP contribution < -0.4 is 4.90 Å². The molecule has 0 bridgehead atoms. The third-order valence-corrected chi connectivity index (χ3v) is 6.74. The lowest BCUT2D eigenvalue weighted by Gasteiger charge is -2.37. The van der Waals surface area contributed by atoms with Gasteiger partial charge in [-0.15, -0.1) is 10.2 Å². The van der Waals surface area contributed by atoms with Gasteiger partial charge in [0.25, 0.3) is 0 Å². The van der Waals surface area contributed by atoms with Crippen LogP contribution >= 0.6 is 11.3 Å². The fraction of sp³-hybridized carbons (Fsp3) is 0.304. The summed E-state index contributed by atoms with van der Waals surface area (Å²) in [6.45, 7) is 3.62. The number of rotatable bonds is 3. The molecule has 0 spiro atoms. The molecule has 4 heterocycles. The van der Waals surface area contributed by atoms with Gasteiger partial charge in [0.1, 0.15) is 22.3 Å². The fourth-order valence-corrected chi connectivity index (χ4v) is 4.85. The van der Waals surface area contributed by atoms with Gasteiger partial charge >= 0.3 is 6.03 Å². The van der Waals surface area contributed by atoms with Gasteiger partial charge in [-0.3, -0.25) is 0 Å². The molecule has 1 atom stereocenters. The standard InChI is InChI=1S/C23H20F2N8OS/c1-14-29-30-22(35-14)21-18(25)2-3-20(28-21)31-6-8-32(9-7-31)23(34)33-19(4-5-27-33)16-10-15(13-26)11-17(24)12-16/h2-3,5,10-12,19H,4,6-9H2,1H3/t19-/m0/s1. The van der Waals surface area contributed by atoms with Crippen molar-refractivity contribution in [2.75, 3.05) is 31.1 Å². The van der Waals surface area contributed by atoms with Crippen LogP contribution in [0.2, 0.25) is 0 Å². The number of anilines is 1. The normalized spacial score (nSPS) is 17.7. The summed E-state index contributed by atoms with van der Waals surface area (Å²) in [7, 11) is 0. The van der Waals surface area contributed by atoms with Crippen LogP contribution in [0.25, 0.3) is 10.7 Å². The maximum Gasteiger partial charge on any atom is 0.341 e. The first-order valence-corrected chi connectivity index (χ1v) is 11.8. The Morgan fingerprint density at radius 3 is 2.66 bits per heavy atom. The average Bonchev–Trinajstić information content (AvgIpc) is 3.53. The molecule has 35 heavy (non-hydrogen) atoms. The molecule has 2 aliphatic heterocycles. The van der Waals surface area contributed by atoms with E-state index in [-0.39, 0.29) is 17.3 Å². The van der Waals surface area contributed by atoms with E-state index in [0.29, 0.717) is 49.0 Å². The molecule has 1 fully saturated rings. The van der Waals surface area contributed by atoms with Gasteiger partial charge in [-0.25, -0.2) is 23.6 Å². The highest BCUT2D eigenvalue weighted by molar-refractivity contribution is 7.14. The summed E-state index contributed by atoms with van der Waals surface area (Å²) in [6.07, 6.45) is 2.06. The molecule has 0 aliphatic carbocycles. The molecule has 3 aromatic rings. The molecule has 0 N–H and O–H groups in total. The van der Waals surface area contributed by atoms with Gasteiger partial charge in [-0.2, -0.15) is 10.4 Å². The zero-order chi connectivity index (χ0) is 24.5. The van der Waals surface area contributed by atoms with Crippen LogP contribution in [0.1, 0.15) is 28.6 Å². The molecule has 2 aromatic heterocycles. The van der Waals surface area contributed by atoms with Gasteiger partial charge in [0.15, 0.2) is 10.8 Å². The number of carbonyl (C=O) groups excluding carboxylic acids is 1. The van der Waals surface area contributed by atoms with Crippen LogP contribution in [0.4, 0.5) is 19.4 Å². The van der Waals surface area contributed by atoms with Gasteiger partial charge < -0.3 is 9.80 Å². The maximum absolute atomic E-state index is 14.4. The SMILES string of the molecule is Cc1nnc(-c2nc(N3CCN(C(=O)N4N=CC[C@H]4c4cc(F)cc(C#N)c4)CC3)ccc2F)s1. The number of hydrazone groups is 1. The first-order chi connectivity index (χ1) is 16.9. The molecular formula is C23H20F2N8OS. The average molecular weight is 495 g/mol. The Kier molecular flexibility index (Phi) is 6.08. The quantitative estimate of drug-likeness (QED) is 0.550. The van der Waals surface area contributed by atoms with E-state index < -0.39 is 17.7 Å². The Hall–Kier alpha value is -3.98. The molecule has 1 aromatic carbocycles. The van der Waals surface area contributed by atoms with Crippen LogP contribution in [-0.4, -0.2) is 63.5 Å². The Balaban J connectivity index is 1.28. The summed E-state index contributed by atoms with van der Waals surface area (Å²) >= 11 is 1.27. The smallest absolute Gasteiger partial charge is 0.341 e. The maximum atomic E-state index is 14.4. The van der Waals surface area contributed by atoms with Crippen molar-refractivity contribution in [1.29, 1.82) is 5.26 Å². The minimum absolute atomic E-state index is 0.160. The minimum Gasteiger partial charge on any atom is -0.353 e. The second-order valence-corrected chi connectivity index (χ2v) is 9.34. The number of nitriles is 1. The van der Waals surface area contributed by atoms with Crippen molar-refractivity contribution >= 4 is 29.4 Å². The van der Waals surface area contributed by atoms with Crippen molar-refractivity contribution in [2.45, 2.75) is 19.4 Å². The lowest BCUT2D eigenvalue weighted by molar-refractivity contribution is 0.139. The minimum atomic E-state index is -0.526. The van der Waals surface area contributed by atoms with E-state index in [4.69, 9.17) is 5.26 Å². The van der Waals surface area contributed by atoms with Gasteiger partial charge in [-0.1, -0.05) is 11.3 Å². The number of benzene rings is 1. The molecule has 0 radical (unpaired) electrons. The van der Waals surface area contributed by atoms with Crippen molar-refractivity contribution in [3.8, 4) is 16.8 Å². The van der Waals surface area contributed by atoms with Gasteiger partial charge in [0.05, 0.1) is 17.7 Å². The Morgan fingerprint density at radius 2 is 1.94 bits per heavy atom. The Labute approximate surface area is 203 Å². The monoisotopic (exact) mass is 494 g/mol. The van der Waals surface area contributed by atoms with Crippen LogP contribution in [0.15, 0.2) is 35.4 Å². The highest BCUT2D eigenvalue weighted by Crippen LogP contribution is 2.31. The van der Waals surface area contributed by atoms with E-state index in [1.54, 1.807) is 30.2 Å². The number of carbonyl (C=O) groups is 1. The van der Waals surface area contributed by atoms with E-state index >= 15 is 0 Å². The van der Waals surface area contributed by atoms with Crippen molar-refractivity contribution in [3.05, 3.63) is 58.1 Å². The third kappa shape index (κ3) is 4.54. The van der Waals surface area contributed by atoms with E-state index in [2.05, 4.69) is 20.3 Å². The number of aryl methyl sites for hydroxylation is 1. The van der Waals surface area contributed by atoms with Crippen LogP contribution in [0.3, 0.4) is 0 Å². The molecular weight excluding hydrogens is 474 g/mol. The Morgan fingerprint density at radius 1 is 1.14 bits per heavy atom. The number of urea groups is 1. The summed E-state index contributed by atoms with van der Waals surface area (Å²) < 4.78 is 28.3. The fourth-order valence-electron chi connectivity index (χ4n) is 4.17. The topological polar surface area (TPSA) is 102 Å². The third-order valence-electron chi connectivity index (χ3n) is 5.89. The summed E-state index contributed by atoms with van der Waals surface area (Å²) in [5, 5.41) is 23.8. The number of amides is 2. The van der Waals surface area contributed by atoms with Crippen molar-refractivity contribution in [3.63, 3.8) is 0 Å². The molecule has 1 saturated heterocycles. The summed E-state index contributed by atoms with van der Waals surface area (Å²) in [5.74, 6) is -0.391. The number of aromatic nitrogens is 3. The number of nitrogens with zero attached hydrogens (tertiary/aromatic N) is 8. The zero-order valence-electron chi connectivity index (χ0n) is 18.7. The Bertz CT molecular complexity index is 1350. The molecule has 0 unspecified atom stereocenters. The molecule has 178 valence electrons. The highest BCUT2D eigenvalue weighted by atomic mass is 32.1. The number of hydrogen-bond donors (Lipinski definition) is 0. The second kappa shape index (κ2) is 9.34. The van der Waals surface area contributed by atoms with Crippen molar-refractivity contribution in [2.24, 2.45) is 5.10 Å². The van der Waals surface area contributed by atoms with Gasteiger partial charge in [0, 0.05) is 38.8 Å². The van der Waals surface area contributed by atoms with Gasteiger partial charge in [0.2, 0.25) is 0 Å². The lowest BCUT2D eigenvalue weighted by atomic mass is 10.0. The van der Waals surface area contributed by atoms with Crippen LogP contribution in [0, 0.1) is 29.9 Å².